The van der Waals surface area contributed by atoms with Gasteiger partial charge in [-0.2, -0.15) is 0 Å². The zero-order chi connectivity index (χ0) is 29.1. The molecular weight excluding hydrogens is 583 g/mol. The standard InChI is InChI=1S/C31H26Cl2N2O5S/c1-4-23-26(30(37)39-3)27(19-10-6-5-7-11-19)35-29(36)25(41-31(35)34-23)16-18-14-22(33)28(24(15-18)38-2)40-17-20-12-8-9-13-21(20)32/h5-16,27H,4,17H2,1-3H3/b25-16-/t27-/m0/s1. The van der Waals surface area contributed by atoms with Crippen molar-refractivity contribution in [1.82, 2.24) is 4.57 Å². The van der Waals surface area contributed by atoms with Crippen LogP contribution < -0.4 is 24.4 Å². The van der Waals surface area contributed by atoms with E-state index in [9.17, 15) is 9.59 Å². The molecule has 0 spiro atoms. The lowest BCUT2D eigenvalue weighted by Crippen LogP contribution is -2.40. The lowest BCUT2D eigenvalue weighted by molar-refractivity contribution is -0.136. The maximum absolute atomic E-state index is 13.9. The number of thiazole rings is 1. The molecule has 0 aliphatic carbocycles. The van der Waals surface area contributed by atoms with E-state index in [1.54, 1.807) is 28.8 Å². The van der Waals surface area contributed by atoms with Crippen LogP contribution in [0.3, 0.4) is 0 Å². The number of hydrogen-bond donors (Lipinski definition) is 0. The largest absolute Gasteiger partial charge is 0.493 e. The van der Waals surface area contributed by atoms with E-state index in [0.29, 0.717) is 54.1 Å². The first-order valence-corrected chi connectivity index (χ1v) is 14.3. The third-order valence-corrected chi connectivity index (χ3v) is 8.28. The number of benzene rings is 3. The minimum absolute atomic E-state index is 0.204. The van der Waals surface area contributed by atoms with Gasteiger partial charge in [0.05, 0.1) is 41.1 Å². The molecule has 0 N–H and O–H groups in total. The van der Waals surface area contributed by atoms with Crippen LogP contribution >= 0.6 is 34.5 Å². The van der Waals surface area contributed by atoms with Crippen molar-refractivity contribution in [3.05, 3.63) is 124 Å². The topological polar surface area (TPSA) is 79.1 Å². The second kappa shape index (κ2) is 12.3. The van der Waals surface area contributed by atoms with Crippen molar-refractivity contribution in [2.24, 2.45) is 4.99 Å². The number of carbonyl (C=O) groups is 1. The second-order valence-electron chi connectivity index (χ2n) is 9.11. The van der Waals surface area contributed by atoms with E-state index >= 15 is 0 Å². The molecule has 4 aromatic rings. The van der Waals surface area contributed by atoms with E-state index in [0.717, 1.165) is 11.1 Å². The Morgan fingerprint density at radius 1 is 1.05 bits per heavy atom. The first kappa shape index (κ1) is 28.7. The average Bonchev–Trinajstić information content (AvgIpc) is 3.30. The molecule has 0 radical (unpaired) electrons. The summed E-state index contributed by atoms with van der Waals surface area (Å²) in [6.45, 7) is 2.12. The normalized spacial score (nSPS) is 14.9. The van der Waals surface area contributed by atoms with Gasteiger partial charge in [-0.1, -0.05) is 90.0 Å². The molecule has 10 heteroatoms. The van der Waals surface area contributed by atoms with E-state index in [-0.39, 0.29) is 12.2 Å². The molecule has 5 rings (SSSR count). The number of fused-ring (bicyclic) bond motifs is 1. The van der Waals surface area contributed by atoms with Crippen LogP contribution in [0.25, 0.3) is 6.08 Å². The first-order chi connectivity index (χ1) is 19.9. The summed E-state index contributed by atoms with van der Waals surface area (Å²) < 4.78 is 18.6. The Balaban J connectivity index is 1.59. The molecule has 3 aromatic carbocycles. The summed E-state index contributed by atoms with van der Waals surface area (Å²) in [6.07, 6.45) is 2.23. The number of ether oxygens (including phenoxy) is 3. The van der Waals surface area contributed by atoms with Crippen LogP contribution in [0.4, 0.5) is 0 Å². The highest BCUT2D eigenvalue weighted by atomic mass is 35.5. The third kappa shape index (κ3) is 5.68. The Hall–Kier alpha value is -3.85. The van der Waals surface area contributed by atoms with Crippen molar-refractivity contribution in [1.29, 1.82) is 0 Å². The fraction of sp³-hybridized carbons (Fsp3) is 0.194. The van der Waals surface area contributed by atoms with Crippen molar-refractivity contribution in [3.63, 3.8) is 0 Å². The molecule has 0 fully saturated rings. The average molecular weight is 610 g/mol. The van der Waals surface area contributed by atoms with Gasteiger partial charge < -0.3 is 14.2 Å². The number of rotatable bonds is 8. The Kier molecular flexibility index (Phi) is 8.63. The van der Waals surface area contributed by atoms with Crippen LogP contribution in [0.15, 0.2) is 87.8 Å². The van der Waals surface area contributed by atoms with Gasteiger partial charge in [0.15, 0.2) is 16.3 Å². The van der Waals surface area contributed by atoms with Crippen molar-refractivity contribution < 1.29 is 19.0 Å². The molecule has 0 bridgehead atoms. The molecule has 0 amide bonds. The molecule has 41 heavy (non-hydrogen) atoms. The Labute approximate surface area is 250 Å². The van der Waals surface area contributed by atoms with Crippen LogP contribution in [-0.4, -0.2) is 24.8 Å². The maximum atomic E-state index is 13.9. The summed E-state index contributed by atoms with van der Waals surface area (Å²) in [6, 6.07) is 19.6. The molecule has 7 nitrogen and oxygen atoms in total. The molecular formula is C31H26Cl2N2O5S. The number of nitrogens with zero attached hydrogens (tertiary/aromatic N) is 2. The first-order valence-electron chi connectivity index (χ1n) is 12.8. The lowest BCUT2D eigenvalue weighted by atomic mass is 9.95. The summed E-state index contributed by atoms with van der Waals surface area (Å²) in [5.74, 6) is 0.261. The number of esters is 1. The van der Waals surface area contributed by atoms with Crippen molar-refractivity contribution in [2.45, 2.75) is 26.0 Å². The Bertz CT molecular complexity index is 1830. The van der Waals surface area contributed by atoms with Crippen LogP contribution in [0.1, 0.15) is 36.1 Å². The van der Waals surface area contributed by atoms with E-state index in [1.807, 2.05) is 55.5 Å². The van der Waals surface area contributed by atoms with E-state index < -0.39 is 12.0 Å². The zero-order valence-electron chi connectivity index (χ0n) is 22.5. The van der Waals surface area contributed by atoms with Crippen LogP contribution in [0, 0.1) is 0 Å². The van der Waals surface area contributed by atoms with E-state index in [1.165, 1.54) is 25.6 Å². The molecule has 1 aliphatic heterocycles. The number of allylic oxidation sites excluding steroid dienone is 1. The van der Waals surface area contributed by atoms with Gasteiger partial charge in [0, 0.05) is 10.6 Å². The minimum Gasteiger partial charge on any atom is -0.493 e. The van der Waals surface area contributed by atoms with Gasteiger partial charge >= 0.3 is 5.97 Å². The van der Waals surface area contributed by atoms with Crippen LogP contribution in [0.2, 0.25) is 10.0 Å². The van der Waals surface area contributed by atoms with Crippen molar-refractivity contribution >= 4 is 46.6 Å². The van der Waals surface area contributed by atoms with Gasteiger partial charge in [-0.25, -0.2) is 9.79 Å². The summed E-state index contributed by atoms with van der Waals surface area (Å²) in [7, 11) is 2.85. The van der Waals surface area contributed by atoms with Gasteiger partial charge in [0.1, 0.15) is 6.61 Å². The minimum atomic E-state index is -0.671. The summed E-state index contributed by atoms with van der Waals surface area (Å²) >= 11 is 14.1. The summed E-state index contributed by atoms with van der Waals surface area (Å²) in [5, 5.41) is 0.906. The predicted octanol–water partition coefficient (Wildman–Crippen LogP) is 5.69. The molecule has 0 saturated heterocycles. The number of halogens is 2. The number of carbonyl (C=O) groups excluding carboxylic acids is 1. The molecule has 1 aliphatic rings. The monoisotopic (exact) mass is 608 g/mol. The molecule has 1 atom stereocenters. The van der Waals surface area contributed by atoms with E-state index in [2.05, 4.69) is 0 Å². The van der Waals surface area contributed by atoms with Crippen molar-refractivity contribution in [2.75, 3.05) is 14.2 Å². The fourth-order valence-electron chi connectivity index (χ4n) is 4.69. The quantitative estimate of drug-likeness (QED) is 0.240. The number of hydrogen-bond acceptors (Lipinski definition) is 7. The molecule has 2 heterocycles. The van der Waals surface area contributed by atoms with Gasteiger partial charge in [0.2, 0.25) is 0 Å². The molecule has 1 aromatic heterocycles. The third-order valence-electron chi connectivity index (χ3n) is 6.64. The second-order valence-corrected chi connectivity index (χ2v) is 10.9. The van der Waals surface area contributed by atoms with Gasteiger partial charge in [-0.3, -0.25) is 9.36 Å². The highest BCUT2D eigenvalue weighted by Gasteiger charge is 2.33. The molecule has 0 saturated carbocycles. The Morgan fingerprint density at radius 3 is 2.46 bits per heavy atom. The van der Waals surface area contributed by atoms with Gasteiger partial charge in [0.25, 0.3) is 5.56 Å². The fourth-order valence-corrected chi connectivity index (χ4v) is 6.18. The zero-order valence-corrected chi connectivity index (χ0v) is 24.8. The van der Waals surface area contributed by atoms with Crippen molar-refractivity contribution in [3.8, 4) is 11.5 Å². The predicted molar refractivity (Wildman–Crippen MR) is 161 cm³/mol. The van der Waals surface area contributed by atoms with E-state index in [4.69, 9.17) is 42.4 Å². The number of aromatic nitrogens is 1. The van der Waals surface area contributed by atoms with Crippen LogP contribution in [-0.2, 0) is 16.1 Å². The SMILES string of the molecule is CCC1=C(C(=O)OC)[C@H](c2ccccc2)n2c(s/c(=C\c3cc(Cl)c(OCc4ccccc4Cl)c(OC)c3)c2=O)=N1. The maximum Gasteiger partial charge on any atom is 0.338 e. The lowest BCUT2D eigenvalue weighted by Gasteiger charge is -2.25. The smallest absolute Gasteiger partial charge is 0.338 e. The molecule has 0 unspecified atom stereocenters. The summed E-state index contributed by atoms with van der Waals surface area (Å²) in [5.41, 5.74) is 2.89. The highest BCUT2D eigenvalue weighted by molar-refractivity contribution is 7.07. The van der Waals surface area contributed by atoms with Gasteiger partial charge in [-0.15, -0.1) is 0 Å². The van der Waals surface area contributed by atoms with Crippen LogP contribution in [0.5, 0.6) is 11.5 Å². The summed E-state index contributed by atoms with van der Waals surface area (Å²) in [4.78, 5) is 32.0. The number of methoxy groups -OCH3 is 2. The molecule has 210 valence electrons. The van der Waals surface area contributed by atoms with Gasteiger partial charge in [-0.05, 0) is 41.8 Å². The highest BCUT2D eigenvalue weighted by Crippen LogP contribution is 2.37. The Morgan fingerprint density at radius 2 is 1.78 bits per heavy atom.